The van der Waals surface area contributed by atoms with Gasteiger partial charge in [-0.15, -0.1) is 0 Å². The highest BCUT2D eigenvalue weighted by molar-refractivity contribution is 7.89. The predicted molar refractivity (Wildman–Crippen MR) is 53.2 cm³/mol. The van der Waals surface area contributed by atoms with Crippen molar-refractivity contribution >= 4 is 10.0 Å². The quantitative estimate of drug-likeness (QED) is 0.824. The first-order chi connectivity index (χ1) is 7.33. The number of rotatable bonds is 4. The van der Waals surface area contributed by atoms with Crippen LogP contribution in [0.3, 0.4) is 0 Å². The van der Waals surface area contributed by atoms with Gasteiger partial charge in [-0.1, -0.05) is 0 Å². The van der Waals surface area contributed by atoms with Crippen molar-refractivity contribution in [3.05, 3.63) is 29.8 Å². The molecule has 0 aliphatic rings. The number of hydrogen-bond donors (Lipinski definition) is 2. The van der Waals surface area contributed by atoms with Crippen molar-refractivity contribution in [1.82, 2.24) is 4.72 Å². The van der Waals surface area contributed by atoms with E-state index in [0.717, 1.165) is 12.1 Å². The van der Waals surface area contributed by atoms with Crippen molar-refractivity contribution in [2.75, 3.05) is 6.54 Å². The number of sulfonamides is 1. The third kappa shape index (κ3) is 3.22. The minimum atomic E-state index is -4.13. The summed E-state index contributed by atoms with van der Waals surface area (Å²) >= 11 is 0. The van der Waals surface area contributed by atoms with Crippen molar-refractivity contribution in [2.24, 2.45) is 0 Å². The molecule has 90 valence electrons. The molecular formula is C9H11F2NO3S. The first-order valence-corrected chi connectivity index (χ1v) is 5.94. The molecular weight excluding hydrogens is 240 g/mol. The first kappa shape index (κ1) is 13.0. The molecule has 4 nitrogen and oxygen atoms in total. The van der Waals surface area contributed by atoms with Crippen molar-refractivity contribution in [3.8, 4) is 0 Å². The molecule has 1 rings (SSSR count). The number of benzene rings is 1. The second-order valence-corrected chi connectivity index (χ2v) is 5.01. The molecule has 0 aliphatic carbocycles. The van der Waals surface area contributed by atoms with Gasteiger partial charge in [0.15, 0.2) is 0 Å². The molecule has 16 heavy (non-hydrogen) atoms. The van der Waals surface area contributed by atoms with Crippen LogP contribution in [0.15, 0.2) is 23.1 Å². The monoisotopic (exact) mass is 251 g/mol. The molecule has 0 radical (unpaired) electrons. The maximum Gasteiger partial charge on any atom is 0.243 e. The lowest BCUT2D eigenvalue weighted by Crippen LogP contribution is -2.31. The Morgan fingerprint density at radius 3 is 2.62 bits per heavy atom. The lowest BCUT2D eigenvalue weighted by Gasteiger charge is -2.08. The molecule has 1 unspecified atom stereocenters. The maximum absolute atomic E-state index is 13.1. The van der Waals surface area contributed by atoms with Crippen LogP contribution >= 0.6 is 0 Å². The number of halogens is 2. The Balaban J connectivity index is 3.02. The third-order valence-corrected chi connectivity index (χ3v) is 3.19. The minimum Gasteiger partial charge on any atom is -0.392 e. The molecule has 0 spiro atoms. The van der Waals surface area contributed by atoms with Crippen molar-refractivity contribution in [1.29, 1.82) is 0 Å². The maximum atomic E-state index is 13.1. The van der Waals surface area contributed by atoms with Gasteiger partial charge in [0.05, 0.1) is 6.10 Å². The molecule has 1 aromatic rings. The molecule has 0 saturated heterocycles. The smallest absolute Gasteiger partial charge is 0.243 e. The first-order valence-electron chi connectivity index (χ1n) is 4.45. The van der Waals surface area contributed by atoms with E-state index in [1.807, 2.05) is 4.72 Å². The van der Waals surface area contributed by atoms with Crippen LogP contribution in [-0.2, 0) is 10.0 Å². The zero-order valence-corrected chi connectivity index (χ0v) is 9.26. The molecule has 0 aliphatic heterocycles. The SMILES string of the molecule is CC(O)CNS(=O)(=O)c1cc(F)ccc1F. The third-order valence-electron chi connectivity index (χ3n) is 1.75. The van der Waals surface area contributed by atoms with E-state index in [4.69, 9.17) is 5.11 Å². The molecule has 0 heterocycles. The van der Waals surface area contributed by atoms with Gasteiger partial charge < -0.3 is 5.11 Å². The van der Waals surface area contributed by atoms with E-state index in [2.05, 4.69) is 0 Å². The molecule has 7 heteroatoms. The van der Waals surface area contributed by atoms with Gasteiger partial charge in [0.1, 0.15) is 16.5 Å². The fraction of sp³-hybridized carbons (Fsp3) is 0.333. The summed E-state index contributed by atoms with van der Waals surface area (Å²) in [4.78, 5) is -0.770. The lowest BCUT2D eigenvalue weighted by molar-refractivity contribution is 0.198. The summed E-state index contributed by atoms with van der Waals surface area (Å²) in [6, 6.07) is 2.13. The van der Waals surface area contributed by atoms with E-state index in [1.54, 1.807) is 0 Å². The summed E-state index contributed by atoms with van der Waals surface area (Å²) in [5.41, 5.74) is 0. The van der Waals surface area contributed by atoms with Gasteiger partial charge in [-0.05, 0) is 25.1 Å². The molecule has 2 N–H and O–H groups in total. The molecule has 0 amide bonds. The van der Waals surface area contributed by atoms with E-state index < -0.39 is 32.7 Å². The van der Waals surface area contributed by atoms with Gasteiger partial charge in [-0.25, -0.2) is 21.9 Å². The van der Waals surface area contributed by atoms with Gasteiger partial charge in [-0.2, -0.15) is 0 Å². The number of nitrogens with one attached hydrogen (secondary N) is 1. The van der Waals surface area contributed by atoms with Gasteiger partial charge in [0.25, 0.3) is 0 Å². The fourth-order valence-electron chi connectivity index (χ4n) is 0.991. The van der Waals surface area contributed by atoms with Crippen LogP contribution in [0.25, 0.3) is 0 Å². The van der Waals surface area contributed by atoms with Crippen LogP contribution in [0, 0.1) is 11.6 Å². The summed E-state index contributed by atoms with van der Waals surface area (Å²) in [5.74, 6) is -1.89. The van der Waals surface area contributed by atoms with Crippen molar-refractivity contribution in [2.45, 2.75) is 17.9 Å². The van der Waals surface area contributed by atoms with E-state index in [1.165, 1.54) is 6.92 Å². The second-order valence-electron chi connectivity index (χ2n) is 3.28. The normalized spacial score (nSPS) is 13.8. The summed E-state index contributed by atoms with van der Waals surface area (Å²) in [6.45, 7) is 1.10. The zero-order valence-electron chi connectivity index (χ0n) is 8.44. The van der Waals surface area contributed by atoms with E-state index >= 15 is 0 Å². The average Bonchev–Trinajstić information content (AvgIpc) is 2.19. The average molecular weight is 251 g/mol. The van der Waals surface area contributed by atoms with Gasteiger partial charge in [0, 0.05) is 6.54 Å². The summed E-state index contributed by atoms with van der Waals surface area (Å²) in [7, 11) is -4.13. The van der Waals surface area contributed by atoms with Crippen LogP contribution in [0.4, 0.5) is 8.78 Å². The summed E-state index contributed by atoms with van der Waals surface area (Å²) in [5, 5.41) is 8.89. The van der Waals surface area contributed by atoms with Crippen LogP contribution in [0.1, 0.15) is 6.92 Å². The zero-order chi connectivity index (χ0) is 12.3. The predicted octanol–water partition coefficient (Wildman–Crippen LogP) is 0.624. The summed E-state index contributed by atoms with van der Waals surface area (Å²) in [6.07, 6.45) is -0.911. The Morgan fingerprint density at radius 2 is 2.06 bits per heavy atom. The highest BCUT2D eigenvalue weighted by Gasteiger charge is 2.19. The number of aliphatic hydroxyl groups is 1. The Labute approximate surface area is 92.0 Å². The molecule has 0 saturated carbocycles. The molecule has 0 fully saturated rings. The standard InChI is InChI=1S/C9H11F2NO3S/c1-6(13)5-12-16(14,15)9-4-7(10)2-3-8(9)11/h2-4,6,12-13H,5H2,1H3. The second kappa shape index (κ2) is 4.86. The van der Waals surface area contributed by atoms with Crippen LogP contribution < -0.4 is 4.72 Å². The molecule has 1 aromatic carbocycles. The van der Waals surface area contributed by atoms with Crippen molar-refractivity contribution < 1.29 is 22.3 Å². The van der Waals surface area contributed by atoms with Crippen molar-refractivity contribution in [3.63, 3.8) is 0 Å². The number of aliphatic hydroxyl groups excluding tert-OH is 1. The number of hydrogen-bond acceptors (Lipinski definition) is 3. The topological polar surface area (TPSA) is 66.4 Å². The van der Waals surface area contributed by atoms with E-state index in [0.29, 0.717) is 6.07 Å². The largest absolute Gasteiger partial charge is 0.392 e. The van der Waals surface area contributed by atoms with E-state index in [-0.39, 0.29) is 6.54 Å². The Bertz CT molecular complexity index is 474. The summed E-state index contributed by atoms with van der Waals surface area (Å²) < 4.78 is 50.8. The van der Waals surface area contributed by atoms with Crippen LogP contribution in [-0.4, -0.2) is 26.2 Å². The molecule has 1 atom stereocenters. The van der Waals surface area contributed by atoms with Crippen LogP contribution in [0.5, 0.6) is 0 Å². The highest BCUT2D eigenvalue weighted by Crippen LogP contribution is 2.15. The van der Waals surface area contributed by atoms with Gasteiger partial charge in [0.2, 0.25) is 10.0 Å². The Hall–Kier alpha value is -1.05. The van der Waals surface area contributed by atoms with Gasteiger partial charge in [-0.3, -0.25) is 0 Å². The fourth-order valence-corrected chi connectivity index (χ4v) is 2.20. The molecule has 0 aromatic heterocycles. The Kier molecular flexibility index (Phi) is 3.95. The lowest BCUT2D eigenvalue weighted by atomic mass is 10.3. The minimum absolute atomic E-state index is 0.266. The van der Waals surface area contributed by atoms with Gasteiger partial charge >= 0.3 is 0 Å². The van der Waals surface area contributed by atoms with E-state index in [9.17, 15) is 17.2 Å². The van der Waals surface area contributed by atoms with Crippen LogP contribution in [0.2, 0.25) is 0 Å². The highest BCUT2D eigenvalue weighted by atomic mass is 32.2. The molecule has 0 bridgehead atoms. The Morgan fingerprint density at radius 1 is 1.44 bits per heavy atom.